The number of hydrogen-bond donors (Lipinski definition) is 1. The first kappa shape index (κ1) is 20.5. The Morgan fingerprint density at radius 1 is 1.12 bits per heavy atom. The molecular weight excluding hydrogens is 393 g/mol. The summed E-state index contributed by atoms with van der Waals surface area (Å²) in [5.74, 6) is 1.61. The SMILES string of the molecule is Cc1ccc(S[C@H](C)C(=O)NCCSCc2c(Cl)cccc2Cl)cc1. The summed E-state index contributed by atoms with van der Waals surface area (Å²) in [6, 6.07) is 13.7. The van der Waals surface area contributed by atoms with Gasteiger partial charge in [0.15, 0.2) is 0 Å². The van der Waals surface area contributed by atoms with Gasteiger partial charge in [-0.25, -0.2) is 0 Å². The molecule has 134 valence electrons. The second-order valence-electron chi connectivity index (χ2n) is 5.62. The van der Waals surface area contributed by atoms with Gasteiger partial charge in [0.05, 0.1) is 5.25 Å². The van der Waals surface area contributed by atoms with E-state index in [1.807, 2.05) is 37.3 Å². The molecule has 0 saturated heterocycles. The van der Waals surface area contributed by atoms with Crippen molar-refractivity contribution in [1.29, 1.82) is 0 Å². The average Bonchev–Trinajstić information content (AvgIpc) is 2.58. The number of carbonyl (C=O) groups is 1. The third kappa shape index (κ3) is 6.78. The normalized spacial score (nSPS) is 12.0. The number of carbonyl (C=O) groups excluding carboxylic acids is 1. The van der Waals surface area contributed by atoms with Crippen molar-refractivity contribution in [3.05, 3.63) is 63.6 Å². The van der Waals surface area contributed by atoms with E-state index in [0.717, 1.165) is 22.0 Å². The van der Waals surface area contributed by atoms with Crippen LogP contribution in [-0.4, -0.2) is 23.5 Å². The highest BCUT2D eigenvalue weighted by molar-refractivity contribution is 8.00. The van der Waals surface area contributed by atoms with E-state index in [1.54, 1.807) is 23.5 Å². The predicted molar refractivity (Wildman–Crippen MR) is 112 cm³/mol. The van der Waals surface area contributed by atoms with Crippen molar-refractivity contribution in [2.24, 2.45) is 0 Å². The minimum Gasteiger partial charge on any atom is -0.354 e. The van der Waals surface area contributed by atoms with Gasteiger partial charge in [-0.15, -0.1) is 11.8 Å². The standard InChI is InChI=1S/C19H21Cl2NOS2/c1-13-6-8-15(9-7-13)25-14(2)19(23)22-10-11-24-12-16-17(20)4-3-5-18(16)21/h3-9,14H,10-12H2,1-2H3,(H,22,23)/t14-/m1/s1. The lowest BCUT2D eigenvalue weighted by atomic mass is 10.2. The van der Waals surface area contributed by atoms with Crippen LogP contribution in [0.25, 0.3) is 0 Å². The summed E-state index contributed by atoms with van der Waals surface area (Å²) in [5.41, 5.74) is 2.17. The molecule has 1 atom stereocenters. The maximum atomic E-state index is 12.2. The van der Waals surface area contributed by atoms with Gasteiger partial charge >= 0.3 is 0 Å². The fourth-order valence-electron chi connectivity index (χ4n) is 2.11. The van der Waals surface area contributed by atoms with Crippen LogP contribution in [0.5, 0.6) is 0 Å². The van der Waals surface area contributed by atoms with Crippen LogP contribution in [0.15, 0.2) is 47.4 Å². The molecule has 0 aliphatic rings. The maximum absolute atomic E-state index is 12.2. The lowest BCUT2D eigenvalue weighted by Crippen LogP contribution is -2.32. The van der Waals surface area contributed by atoms with Gasteiger partial charge in [0, 0.05) is 33.0 Å². The van der Waals surface area contributed by atoms with E-state index in [1.165, 1.54) is 5.56 Å². The van der Waals surface area contributed by atoms with Crippen LogP contribution in [0.3, 0.4) is 0 Å². The monoisotopic (exact) mass is 413 g/mol. The molecule has 0 radical (unpaired) electrons. The number of amides is 1. The molecule has 0 saturated carbocycles. The van der Waals surface area contributed by atoms with Crippen LogP contribution in [0.4, 0.5) is 0 Å². The number of aryl methyl sites for hydroxylation is 1. The molecule has 2 aromatic carbocycles. The van der Waals surface area contributed by atoms with E-state index in [2.05, 4.69) is 24.4 Å². The van der Waals surface area contributed by atoms with Gasteiger partial charge < -0.3 is 5.32 Å². The van der Waals surface area contributed by atoms with Crippen molar-refractivity contribution in [3.63, 3.8) is 0 Å². The van der Waals surface area contributed by atoms with Crippen molar-refractivity contribution in [3.8, 4) is 0 Å². The molecule has 1 N–H and O–H groups in total. The molecule has 0 unspecified atom stereocenters. The molecule has 0 spiro atoms. The van der Waals surface area contributed by atoms with Crippen molar-refractivity contribution in [1.82, 2.24) is 5.32 Å². The topological polar surface area (TPSA) is 29.1 Å². The fourth-order valence-corrected chi connectivity index (χ4v) is 4.60. The number of nitrogens with one attached hydrogen (secondary N) is 1. The molecule has 0 aromatic heterocycles. The Morgan fingerprint density at radius 3 is 2.40 bits per heavy atom. The molecule has 2 nitrogen and oxygen atoms in total. The molecule has 0 heterocycles. The van der Waals surface area contributed by atoms with Gasteiger partial charge in [0.1, 0.15) is 0 Å². The minimum absolute atomic E-state index is 0.0574. The molecule has 0 aliphatic heterocycles. The van der Waals surface area contributed by atoms with Gasteiger partial charge in [-0.3, -0.25) is 4.79 Å². The van der Waals surface area contributed by atoms with E-state index >= 15 is 0 Å². The zero-order valence-corrected chi connectivity index (χ0v) is 17.4. The van der Waals surface area contributed by atoms with Crippen molar-refractivity contribution in [2.75, 3.05) is 12.3 Å². The second kappa shape index (κ2) is 10.4. The summed E-state index contributed by atoms with van der Waals surface area (Å²) in [4.78, 5) is 13.3. The van der Waals surface area contributed by atoms with E-state index in [-0.39, 0.29) is 11.2 Å². The Bertz CT molecular complexity index is 687. The maximum Gasteiger partial charge on any atom is 0.233 e. The Hall–Kier alpha value is -0.810. The Balaban J connectivity index is 1.68. The quantitative estimate of drug-likeness (QED) is 0.435. The highest BCUT2D eigenvalue weighted by atomic mass is 35.5. The number of thioether (sulfide) groups is 2. The Morgan fingerprint density at radius 2 is 1.76 bits per heavy atom. The highest BCUT2D eigenvalue weighted by Crippen LogP contribution is 2.28. The highest BCUT2D eigenvalue weighted by Gasteiger charge is 2.13. The van der Waals surface area contributed by atoms with Crippen LogP contribution >= 0.6 is 46.7 Å². The van der Waals surface area contributed by atoms with Gasteiger partial charge in [0.25, 0.3) is 0 Å². The smallest absolute Gasteiger partial charge is 0.233 e. The summed E-state index contributed by atoms with van der Waals surface area (Å²) in [6.07, 6.45) is 0. The van der Waals surface area contributed by atoms with E-state index in [0.29, 0.717) is 16.6 Å². The summed E-state index contributed by atoms with van der Waals surface area (Å²) in [7, 11) is 0. The third-order valence-corrected chi connectivity index (χ3v) is 6.36. The summed E-state index contributed by atoms with van der Waals surface area (Å²) >= 11 is 15.6. The van der Waals surface area contributed by atoms with Crippen molar-refractivity contribution < 1.29 is 4.79 Å². The number of hydrogen-bond acceptors (Lipinski definition) is 3. The first-order chi connectivity index (χ1) is 12.0. The first-order valence-electron chi connectivity index (χ1n) is 7.99. The van der Waals surface area contributed by atoms with Crippen LogP contribution < -0.4 is 5.32 Å². The zero-order chi connectivity index (χ0) is 18.2. The molecular formula is C19H21Cl2NOS2. The van der Waals surface area contributed by atoms with Gasteiger partial charge in [-0.05, 0) is 43.7 Å². The number of halogens is 2. The van der Waals surface area contributed by atoms with E-state index < -0.39 is 0 Å². The summed E-state index contributed by atoms with van der Waals surface area (Å²) in [6.45, 7) is 4.61. The lowest BCUT2D eigenvalue weighted by Gasteiger charge is -2.12. The Kier molecular flexibility index (Phi) is 8.50. The molecule has 1 amide bonds. The van der Waals surface area contributed by atoms with Gasteiger partial charge in [0.2, 0.25) is 5.91 Å². The lowest BCUT2D eigenvalue weighted by molar-refractivity contribution is -0.120. The first-order valence-corrected chi connectivity index (χ1v) is 10.8. The van der Waals surface area contributed by atoms with Crippen LogP contribution in [-0.2, 0) is 10.5 Å². The predicted octanol–water partition coefficient (Wildman–Crippen LogP) is 5.83. The summed E-state index contributed by atoms with van der Waals surface area (Å²) in [5, 5.41) is 4.24. The third-order valence-electron chi connectivity index (χ3n) is 3.56. The van der Waals surface area contributed by atoms with Crippen LogP contribution in [0, 0.1) is 6.92 Å². The molecule has 25 heavy (non-hydrogen) atoms. The van der Waals surface area contributed by atoms with E-state index in [4.69, 9.17) is 23.2 Å². The molecule has 0 bridgehead atoms. The zero-order valence-electron chi connectivity index (χ0n) is 14.2. The van der Waals surface area contributed by atoms with Crippen LogP contribution in [0.1, 0.15) is 18.1 Å². The molecule has 2 aromatic rings. The van der Waals surface area contributed by atoms with E-state index in [9.17, 15) is 4.79 Å². The molecule has 0 fully saturated rings. The Labute approximate surface area is 168 Å². The van der Waals surface area contributed by atoms with Crippen molar-refractivity contribution >= 4 is 52.6 Å². The summed E-state index contributed by atoms with van der Waals surface area (Å²) < 4.78 is 0. The minimum atomic E-state index is -0.120. The van der Waals surface area contributed by atoms with Gasteiger partial charge in [-0.2, -0.15) is 11.8 Å². The number of rotatable bonds is 8. The molecule has 2 rings (SSSR count). The van der Waals surface area contributed by atoms with Crippen molar-refractivity contribution in [2.45, 2.75) is 29.7 Å². The average molecular weight is 414 g/mol. The van der Waals surface area contributed by atoms with Crippen LogP contribution in [0.2, 0.25) is 10.0 Å². The molecule has 6 heteroatoms. The largest absolute Gasteiger partial charge is 0.354 e. The molecule has 0 aliphatic carbocycles. The second-order valence-corrected chi connectivity index (χ2v) is 8.95. The fraction of sp³-hybridized carbons (Fsp3) is 0.316. The number of benzene rings is 2. The van der Waals surface area contributed by atoms with Gasteiger partial charge in [-0.1, -0.05) is 47.0 Å².